The lowest BCUT2D eigenvalue weighted by Gasteiger charge is -2.34. The van der Waals surface area contributed by atoms with Gasteiger partial charge < -0.3 is 24.4 Å². The number of sulfonamides is 1. The van der Waals surface area contributed by atoms with Crippen molar-refractivity contribution in [2.75, 3.05) is 38.7 Å². The van der Waals surface area contributed by atoms with Gasteiger partial charge in [-0.05, 0) is 53.4 Å². The molecule has 4 aromatic carbocycles. The zero-order chi connectivity index (χ0) is 34.7. The van der Waals surface area contributed by atoms with Gasteiger partial charge in [-0.15, -0.1) is 0 Å². The average molecular weight is 674 g/mol. The van der Waals surface area contributed by atoms with E-state index in [2.05, 4.69) is 5.32 Å². The van der Waals surface area contributed by atoms with Crippen LogP contribution in [0.4, 0.5) is 5.69 Å². The van der Waals surface area contributed by atoms with Gasteiger partial charge in [-0.1, -0.05) is 74.5 Å². The number of nitrogens with zero attached hydrogens (tertiary/aromatic N) is 2. The maximum atomic E-state index is 14.7. The smallest absolute Gasteiger partial charge is 0.264 e. The number of carbonyl (C=O) groups excluding carboxylic acids is 2. The first-order valence-electron chi connectivity index (χ1n) is 15.6. The largest absolute Gasteiger partial charge is 0.497 e. The molecular formula is C37H43N3O7S. The van der Waals surface area contributed by atoms with Crippen molar-refractivity contribution in [1.82, 2.24) is 10.2 Å². The molecule has 0 aromatic heterocycles. The van der Waals surface area contributed by atoms with E-state index in [1.54, 1.807) is 55.6 Å². The quantitative estimate of drug-likeness (QED) is 0.171. The number of hydrogen-bond acceptors (Lipinski definition) is 7. The summed E-state index contributed by atoms with van der Waals surface area (Å²) in [6.45, 7) is 3.75. The van der Waals surface area contributed by atoms with E-state index in [4.69, 9.17) is 14.2 Å². The molecule has 0 aliphatic heterocycles. The molecule has 2 amide bonds. The van der Waals surface area contributed by atoms with Gasteiger partial charge in [0.25, 0.3) is 10.0 Å². The summed E-state index contributed by atoms with van der Waals surface area (Å²) in [5.74, 6) is 0.398. The maximum Gasteiger partial charge on any atom is 0.264 e. The van der Waals surface area contributed by atoms with Crippen molar-refractivity contribution >= 4 is 27.5 Å². The van der Waals surface area contributed by atoms with E-state index >= 15 is 0 Å². The number of carbonyl (C=O) groups is 2. The SMILES string of the molecule is COc1cccc(CN(C(=O)CN(c2cc(OC)ccc2OC)S(=O)(=O)c2ccccc2)C(Cc2ccccc2)C(=O)NCC(C)C)c1. The van der Waals surface area contributed by atoms with Crippen molar-refractivity contribution in [3.63, 3.8) is 0 Å². The van der Waals surface area contributed by atoms with Gasteiger partial charge in [0.1, 0.15) is 29.8 Å². The van der Waals surface area contributed by atoms with Crippen molar-refractivity contribution < 1.29 is 32.2 Å². The Kier molecular flexibility index (Phi) is 12.5. The van der Waals surface area contributed by atoms with Crippen LogP contribution in [-0.4, -0.2) is 65.6 Å². The number of amides is 2. The molecule has 4 rings (SSSR count). The molecule has 10 nitrogen and oxygen atoms in total. The Morgan fingerprint density at radius 1 is 0.750 bits per heavy atom. The van der Waals surface area contributed by atoms with E-state index in [1.807, 2.05) is 50.2 Å². The van der Waals surface area contributed by atoms with Crippen LogP contribution in [0.15, 0.2) is 108 Å². The van der Waals surface area contributed by atoms with Crippen LogP contribution in [0.25, 0.3) is 0 Å². The van der Waals surface area contributed by atoms with E-state index < -0.39 is 28.5 Å². The molecule has 0 aliphatic rings. The van der Waals surface area contributed by atoms with Gasteiger partial charge in [-0.3, -0.25) is 13.9 Å². The summed E-state index contributed by atoms with van der Waals surface area (Å²) in [5, 5.41) is 2.99. The third kappa shape index (κ3) is 9.07. The minimum absolute atomic E-state index is 0.0110. The molecule has 0 fully saturated rings. The predicted molar refractivity (Wildman–Crippen MR) is 186 cm³/mol. The first-order chi connectivity index (χ1) is 23.1. The molecular weight excluding hydrogens is 630 g/mol. The van der Waals surface area contributed by atoms with Gasteiger partial charge in [0.15, 0.2) is 0 Å². The minimum atomic E-state index is -4.32. The normalized spacial score (nSPS) is 11.8. The number of ether oxygens (including phenoxy) is 3. The minimum Gasteiger partial charge on any atom is -0.497 e. The molecule has 48 heavy (non-hydrogen) atoms. The Morgan fingerprint density at radius 3 is 2.00 bits per heavy atom. The number of anilines is 1. The lowest BCUT2D eigenvalue weighted by Crippen LogP contribution is -2.53. The average Bonchev–Trinajstić information content (AvgIpc) is 3.11. The molecule has 1 N–H and O–H groups in total. The summed E-state index contributed by atoms with van der Waals surface area (Å²) >= 11 is 0. The second-order valence-corrected chi connectivity index (χ2v) is 13.4. The summed E-state index contributed by atoms with van der Waals surface area (Å²) in [6, 6.07) is 28.2. The monoisotopic (exact) mass is 673 g/mol. The number of hydrogen-bond donors (Lipinski definition) is 1. The Labute approximate surface area is 283 Å². The van der Waals surface area contributed by atoms with Crippen LogP contribution < -0.4 is 23.8 Å². The molecule has 1 atom stereocenters. The molecule has 0 aliphatic carbocycles. The molecule has 0 saturated carbocycles. The Morgan fingerprint density at radius 2 is 1.38 bits per heavy atom. The van der Waals surface area contributed by atoms with Gasteiger partial charge in [-0.2, -0.15) is 0 Å². The Bertz CT molecular complexity index is 1770. The van der Waals surface area contributed by atoms with E-state index in [1.165, 1.54) is 37.3 Å². The maximum absolute atomic E-state index is 14.7. The molecule has 0 heterocycles. The van der Waals surface area contributed by atoms with Crippen LogP contribution in [0.1, 0.15) is 25.0 Å². The fraction of sp³-hybridized carbons (Fsp3) is 0.297. The van der Waals surface area contributed by atoms with E-state index in [0.29, 0.717) is 23.6 Å². The lowest BCUT2D eigenvalue weighted by atomic mass is 10.0. The van der Waals surface area contributed by atoms with Crippen LogP contribution in [0, 0.1) is 5.92 Å². The standard InChI is InChI=1S/C37H43N3O7S/c1-27(2)24-38-37(42)34(22-28-13-8-6-9-14-28)39(25-29-15-12-16-30(21-29)45-3)36(41)26-40(48(43,44)32-17-10-7-11-18-32)33-23-31(46-4)19-20-35(33)47-5/h6-21,23,27,34H,22,24-26H2,1-5H3,(H,38,42). The van der Waals surface area contributed by atoms with Crippen molar-refractivity contribution in [1.29, 1.82) is 0 Å². The predicted octanol–water partition coefficient (Wildman–Crippen LogP) is 5.32. The van der Waals surface area contributed by atoms with Gasteiger partial charge in [0.2, 0.25) is 11.8 Å². The first kappa shape index (κ1) is 35.8. The van der Waals surface area contributed by atoms with Gasteiger partial charge in [0, 0.05) is 25.6 Å². The zero-order valence-corrected chi connectivity index (χ0v) is 28.8. The van der Waals surface area contributed by atoms with Crippen molar-refractivity contribution in [2.24, 2.45) is 5.92 Å². The van der Waals surface area contributed by atoms with Crippen molar-refractivity contribution in [2.45, 2.75) is 37.8 Å². The fourth-order valence-electron chi connectivity index (χ4n) is 5.17. The molecule has 0 saturated heterocycles. The van der Waals surface area contributed by atoms with Gasteiger partial charge >= 0.3 is 0 Å². The summed E-state index contributed by atoms with van der Waals surface area (Å²) in [7, 11) is 0.115. The fourth-order valence-corrected chi connectivity index (χ4v) is 6.61. The van der Waals surface area contributed by atoms with Crippen molar-refractivity contribution in [3.8, 4) is 17.2 Å². The highest BCUT2D eigenvalue weighted by Gasteiger charge is 2.36. The highest BCUT2D eigenvalue weighted by atomic mass is 32.2. The van der Waals surface area contributed by atoms with Crippen LogP contribution in [0.5, 0.6) is 17.2 Å². The molecule has 0 bridgehead atoms. The lowest BCUT2D eigenvalue weighted by molar-refractivity contribution is -0.140. The third-order valence-corrected chi connectivity index (χ3v) is 9.48. The summed E-state index contributed by atoms with van der Waals surface area (Å²) in [4.78, 5) is 30.1. The summed E-state index contributed by atoms with van der Waals surface area (Å²) in [6.07, 6.45) is 0.203. The molecule has 0 radical (unpaired) electrons. The third-order valence-electron chi connectivity index (χ3n) is 7.71. The Balaban J connectivity index is 1.86. The topological polar surface area (TPSA) is 114 Å². The molecule has 1 unspecified atom stereocenters. The van der Waals surface area contributed by atoms with Crippen LogP contribution in [-0.2, 0) is 32.6 Å². The van der Waals surface area contributed by atoms with E-state index in [0.717, 1.165) is 9.87 Å². The second kappa shape index (κ2) is 16.7. The molecule has 0 spiro atoms. The van der Waals surface area contributed by atoms with E-state index in [-0.39, 0.29) is 41.1 Å². The van der Waals surface area contributed by atoms with Crippen molar-refractivity contribution in [3.05, 3.63) is 114 Å². The van der Waals surface area contributed by atoms with Crippen LogP contribution in [0.3, 0.4) is 0 Å². The number of benzene rings is 4. The number of nitrogens with one attached hydrogen (secondary N) is 1. The summed E-state index contributed by atoms with van der Waals surface area (Å²) < 4.78 is 46.1. The molecule has 254 valence electrons. The van der Waals surface area contributed by atoms with Gasteiger partial charge in [0.05, 0.1) is 31.9 Å². The Hall–Kier alpha value is -5.03. The van der Waals surface area contributed by atoms with Gasteiger partial charge in [-0.25, -0.2) is 8.42 Å². The second-order valence-electron chi connectivity index (χ2n) is 11.6. The zero-order valence-electron chi connectivity index (χ0n) is 28.0. The summed E-state index contributed by atoms with van der Waals surface area (Å²) in [5.41, 5.74) is 1.65. The molecule has 11 heteroatoms. The van der Waals surface area contributed by atoms with Crippen LogP contribution >= 0.6 is 0 Å². The highest BCUT2D eigenvalue weighted by Crippen LogP contribution is 2.36. The first-order valence-corrected chi connectivity index (χ1v) is 17.0. The number of methoxy groups -OCH3 is 3. The van der Waals surface area contributed by atoms with Crippen LogP contribution in [0.2, 0.25) is 0 Å². The highest BCUT2D eigenvalue weighted by molar-refractivity contribution is 7.92. The number of rotatable bonds is 16. The molecule has 4 aromatic rings. The van der Waals surface area contributed by atoms with E-state index in [9.17, 15) is 18.0 Å².